The molecule has 1 aromatic heterocycles. The van der Waals surface area contributed by atoms with E-state index in [1.807, 2.05) is 23.5 Å². The fourth-order valence-electron chi connectivity index (χ4n) is 2.35. The Morgan fingerprint density at radius 2 is 1.76 bits per heavy atom. The maximum atomic E-state index is 9.05. The zero-order chi connectivity index (χ0) is 14.7. The summed E-state index contributed by atoms with van der Waals surface area (Å²) in [5.41, 5.74) is 2.19. The van der Waals surface area contributed by atoms with Crippen molar-refractivity contribution in [2.45, 2.75) is 26.1 Å². The molecule has 3 aromatic rings. The standard InChI is InChI=1S/C18H19NOS/c1-13(18-10-16-4-2-3-5-17(16)21-18)19-11-14-6-8-15(12-20)9-7-14/h2-10,13,19-20H,11-12H2,1H3. The lowest BCUT2D eigenvalue weighted by Gasteiger charge is -2.12. The second-order valence-electron chi connectivity index (χ2n) is 5.26. The van der Waals surface area contributed by atoms with Crippen LogP contribution in [-0.4, -0.2) is 5.11 Å². The lowest BCUT2D eigenvalue weighted by atomic mass is 10.1. The normalized spacial score (nSPS) is 12.7. The summed E-state index contributed by atoms with van der Waals surface area (Å²) in [7, 11) is 0. The molecule has 0 bridgehead atoms. The van der Waals surface area contributed by atoms with Crippen molar-refractivity contribution in [3.8, 4) is 0 Å². The van der Waals surface area contributed by atoms with Gasteiger partial charge in [-0.15, -0.1) is 11.3 Å². The second kappa shape index (κ2) is 6.39. The number of nitrogens with one attached hydrogen (secondary N) is 1. The van der Waals surface area contributed by atoms with Crippen LogP contribution in [0.15, 0.2) is 54.6 Å². The SMILES string of the molecule is CC(NCc1ccc(CO)cc1)c1cc2ccccc2s1. The molecule has 0 spiro atoms. The van der Waals surface area contributed by atoms with Gasteiger partial charge in [-0.1, -0.05) is 42.5 Å². The quantitative estimate of drug-likeness (QED) is 0.738. The molecule has 108 valence electrons. The summed E-state index contributed by atoms with van der Waals surface area (Å²) >= 11 is 1.85. The van der Waals surface area contributed by atoms with Crippen LogP contribution in [-0.2, 0) is 13.2 Å². The second-order valence-corrected chi connectivity index (χ2v) is 6.38. The van der Waals surface area contributed by atoms with Gasteiger partial charge in [-0.05, 0) is 35.6 Å². The first-order valence-electron chi connectivity index (χ1n) is 7.17. The van der Waals surface area contributed by atoms with Crippen LogP contribution < -0.4 is 5.32 Å². The van der Waals surface area contributed by atoms with Crippen molar-refractivity contribution >= 4 is 21.4 Å². The van der Waals surface area contributed by atoms with Crippen LogP contribution in [0.3, 0.4) is 0 Å². The molecule has 0 aliphatic rings. The van der Waals surface area contributed by atoms with Crippen molar-refractivity contribution < 1.29 is 5.11 Å². The molecule has 2 N–H and O–H groups in total. The van der Waals surface area contributed by atoms with Crippen LogP contribution in [0.5, 0.6) is 0 Å². The first-order valence-corrected chi connectivity index (χ1v) is 7.98. The summed E-state index contributed by atoms with van der Waals surface area (Å²) in [6.07, 6.45) is 0. The van der Waals surface area contributed by atoms with E-state index in [1.54, 1.807) is 0 Å². The van der Waals surface area contributed by atoms with Gasteiger partial charge in [0, 0.05) is 22.2 Å². The van der Waals surface area contributed by atoms with E-state index in [4.69, 9.17) is 5.11 Å². The molecule has 0 aliphatic heterocycles. The topological polar surface area (TPSA) is 32.3 Å². The van der Waals surface area contributed by atoms with Gasteiger partial charge >= 0.3 is 0 Å². The van der Waals surface area contributed by atoms with Crippen molar-refractivity contribution in [1.82, 2.24) is 5.32 Å². The molecular formula is C18H19NOS. The predicted octanol–water partition coefficient (Wildman–Crippen LogP) is 4.24. The van der Waals surface area contributed by atoms with Crippen molar-refractivity contribution in [1.29, 1.82) is 0 Å². The highest BCUT2D eigenvalue weighted by Gasteiger charge is 2.09. The van der Waals surface area contributed by atoms with E-state index in [2.05, 4.69) is 54.7 Å². The third kappa shape index (κ3) is 3.32. The van der Waals surface area contributed by atoms with Crippen LogP contribution >= 0.6 is 11.3 Å². The molecule has 3 heteroatoms. The average Bonchev–Trinajstić information content (AvgIpc) is 2.97. The van der Waals surface area contributed by atoms with Crippen molar-refractivity contribution in [2.24, 2.45) is 0 Å². The molecule has 1 atom stereocenters. The van der Waals surface area contributed by atoms with E-state index < -0.39 is 0 Å². The summed E-state index contributed by atoms with van der Waals surface area (Å²) in [6, 6.07) is 19.2. The van der Waals surface area contributed by atoms with Gasteiger partial charge in [0.2, 0.25) is 0 Å². The first-order chi connectivity index (χ1) is 10.3. The third-order valence-corrected chi connectivity index (χ3v) is 4.99. The minimum Gasteiger partial charge on any atom is -0.392 e. The molecule has 2 aromatic carbocycles. The van der Waals surface area contributed by atoms with Gasteiger partial charge in [0.1, 0.15) is 0 Å². The Labute approximate surface area is 129 Å². The molecule has 1 heterocycles. The minimum atomic E-state index is 0.103. The lowest BCUT2D eigenvalue weighted by molar-refractivity contribution is 0.282. The monoisotopic (exact) mass is 297 g/mol. The van der Waals surface area contributed by atoms with Gasteiger partial charge in [0.05, 0.1) is 6.61 Å². The number of rotatable bonds is 5. The summed E-state index contributed by atoms with van der Waals surface area (Å²) in [6.45, 7) is 3.14. The molecule has 21 heavy (non-hydrogen) atoms. The van der Waals surface area contributed by atoms with Crippen LogP contribution in [0.2, 0.25) is 0 Å². The molecule has 3 rings (SSSR count). The summed E-state index contributed by atoms with van der Waals surface area (Å²) in [4.78, 5) is 1.36. The Morgan fingerprint density at radius 1 is 1.05 bits per heavy atom. The zero-order valence-electron chi connectivity index (χ0n) is 12.0. The zero-order valence-corrected chi connectivity index (χ0v) is 12.9. The molecule has 0 radical (unpaired) electrons. The molecule has 1 unspecified atom stereocenters. The maximum absolute atomic E-state index is 9.05. The Hall–Kier alpha value is -1.68. The number of thiophene rings is 1. The number of hydrogen-bond donors (Lipinski definition) is 2. The van der Waals surface area contributed by atoms with Crippen LogP contribution in [0, 0.1) is 0 Å². The molecule has 0 amide bonds. The van der Waals surface area contributed by atoms with Gasteiger partial charge < -0.3 is 10.4 Å². The highest BCUT2D eigenvalue weighted by Crippen LogP contribution is 2.29. The number of aliphatic hydroxyl groups excluding tert-OH is 1. The van der Waals surface area contributed by atoms with E-state index >= 15 is 0 Å². The van der Waals surface area contributed by atoms with E-state index in [-0.39, 0.29) is 6.61 Å². The predicted molar refractivity (Wildman–Crippen MR) is 89.4 cm³/mol. The Balaban J connectivity index is 1.66. The first kappa shape index (κ1) is 14.3. The van der Waals surface area contributed by atoms with Crippen LogP contribution in [0.25, 0.3) is 10.1 Å². The number of fused-ring (bicyclic) bond motifs is 1. The summed E-state index contributed by atoms with van der Waals surface area (Å²) in [5.74, 6) is 0. The lowest BCUT2D eigenvalue weighted by Crippen LogP contribution is -2.17. The smallest absolute Gasteiger partial charge is 0.0681 e. The Kier molecular flexibility index (Phi) is 4.34. The van der Waals surface area contributed by atoms with Crippen molar-refractivity contribution in [3.63, 3.8) is 0 Å². The van der Waals surface area contributed by atoms with E-state index in [9.17, 15) is 0 Å². The van der Waals surface area contributed by atoms with Crippen molar-refractivity contribution in [2.75, 3.05) is 0 Å². The van der Waals surface area contributed by atoms with Gasteiger partial charge in [-0.2, -0.15) is 0 Å². The Bertz CT molecular complexity index is 684. The van der Waals surface area contributed by atoms with Gasteiger partial charge in [-0.3, -0.25) is 0 Å². The van der Waals surface area contributed by atoms with E-state index in [0.717, 1.165) is 12.1 Å². The van der Waals surface area contributed by atoms with Gasteiger partial charge in [-0.25, -0.2) is 0 Å². The Morgan fingerprint density at radius 3 is 2.48 bits per heavy atom. The fraction of sp³-hybridized carbons (Fsp3) is 0.222. The summed E-state index contributed by atoms with van der Waals surface area (Å²) < 4.78 is 1.34. The molecule has 0 fully saturated rings. The van der Waals surface area contributed by atoms with E-state index in [1.165, 1.54) is 20.5 Å². The summed E-state index contributed by atoms with van der Waals surface area (Å²) in [5, 5.41) is 13.9. The molecular weight excluding hydrogens is 278 g/mol. The molecule has 0 saturated carbocycles. The number of benzene rings is 2. The molecule has 2 nitrogen and oxygen atoms in total. The highest BCUT2D eigenvalue weighted by atomic mass is 32.1. The molecule has 0 aliphatic carbocycles. The van der Waals surface area contributed by atoms with E-state index in [0.29, 0.717) is 6.04 Å². The van der Waals surface area contributed by atoms with Crippen LogP contribution in [0.1, 0.15) is 29.0 Å². The fourth-order valence-corrected chi connectivity index (χ4v) is 3.44. The van der Waals surface area contributed by atoms with Gasteiger partial charge in [0.25, 0.3) is 0 Å². The average molecular weight is 297 g/mol. The largest absolute Gasteiger partial charge is 0.392 e. The third-order valence-electron chi connectivity index (χ3n) is 3.69. The van der Waals surface area contributed by atoms with Gasteiger partial charge in [0.15, 0.2) is 0 Å². The maximum Gasteiger partial charge on any atom is 0.0681 e. The minimum absolute atomic E-state index is 0.103. The number of hydrogen-bond acceptors (Lipinski definition) is 3. The highest BCUT2D eigenvalue weighted by molar-refractivity contribution is 7.19. The van der Waals surface area contributed by atoms with Crippen molar-refractivity contribution in [3.05, 3.63) is 70.6 Å². The van der Waals surface area contributed by atoms with Crippen LogP contribution in [0.4, 0.5) is 0 Å². The molecule has 0 saturated heterocycles. The number of aliphatic hydroxyl groups is 1.